The van der Waals surface area contributed by atoms with Crippen LogP contribution in [-0.4, -0.2) is 16.2 Å². The van der Waals surface area contributed by atoms with Gasteiger partial charge >= 0.3 is 0 Å². The molecule has 1 saturated carbocycles. The summed E-state index contributed by atoms with van der Waals surface area (Å²) in [6.07, 6.45) is 6.40. The minimum absolute atomic E-state index is 0.332. The van der Waals surface area contributed by atoms with Crippen molar-refractivity contribution < 1.29 is 0 Å². The van der Waals surface area contributed by atoms with Gasteiger partial charge in [-0.25, -0.2) is 0 Å². The SMILES string of the molecule is CC(C)(C)C1CCCc2c(NC3CC3)n[nH]c21. The van der Waals surface area contributed by atoms with E-state index in [1.54, 1.807) is 0 Å². The molecule has 0 aliphatic heterocycles. The fourth-order valence-electron chi connectivity index (χ4n) is 2.95. The Morgan fingerprint density at radius 3 is 2.65 bits per heavy atom. The summed E-state index contributed by atoms with van der Waals surface area (Å²) >= 11 is 0. The number of nitrogens with one attached hydrogen (secondary N) is 2. The highest BCUT2D eigenvalue weighted by Gasteiger charge is 2.34. The van der Waals surface area contributed by atoms with Gasteiger partial charge in [0.1, 0.15) is 0 Å². The Morgan fingerprint density at radius 1 is 1.24 bits per heavy atom. The van der Waals surface area contributed by atoms with Crippen LogP contribution in [0.15, 0.2) is 0 Å². The Kier molecular flexibility index (Phi) is 2.46. The van der Waals surface area contributed by atoms with E-state index in [2.05, 4.69) is 36.3 Å². The number of H-pyrrole nitrogens is 1. The van der Waals surface area contributed by atoms with Crippen LogP contribution in [0.5, 0.6) is 0 Å². The highest BCUT2D eigenvalue weighted by atomic mass is 15.2. The Bertz CT molecular complexity index is 410. The zero-order valence-corrected chi connectivity index (χ0v) is 11.1. The fourth-order valence-corrected chi connectivity index (χ4v) is 2.95. The second-order valence-corrected chi connectivity index (χ2v) is 6.69. The van der Waals surface area contributed by atoms with Gasteiger partial charge in [-0.1, -0.05) is 20.8 Å². The number of fused-ring (bicyclic) bond motifs is 1. The van der Waals surface area contributed by atoms with Crippen molar-refractivity contribution in [3.8, 4) is 0 Å². The Morgan fingerprint density at radius 2 is 2.00 bits per heavy atom. The molecule has 2 aliphatic carbocycles. The maximum absolute atomic E-state index is 4.51. The van der Waals surface area contributed by atoms with Crippen LogP contribution in [0, 0.1) is 5.41 Å². The third-order valence-electron chi connectivity index (χ3n) is 4.13. The Labute approximate surface area is 103 Å². The van der Waals surface area contributed by atoms with Crippen molar-refractivity contribution in [2.45, 2.75) is 64.8 Å². The van der Waals surface area contributed by atoms with Crippen molar-refractivity contribution in [1.82, 2.24) is 10.2 Å². The smallest absolute Gasteiger partial charge is 0.151 e. The van der Waals surface area contributed by atoms with Crippen molar-refractivity contribution >= 4 is 5.82 Å². The van der Waals surface area contributed by atoms with Crippen LogP contribution < -0.4 is 5.32 Å². The molecule has 2 aliphatic rings. The summed E-state index contributed by atoms with van der Waals surface area (Å²) in [4.78, 5) is 0. The van der Waals surface area contributed by atoms with Crippen LogP contribution in [0.2, 0.25) is 0 Å². The standard InChI is InChI=1S/C14H23N3/c1-14(2,3)11-6-4-5-10-12(11)16-17-13(10)15-9-7-8-9/h9,11H,4-8H2,1-3H3,(H2,15,16,17). The summed E-state index contributed by atoms with van der Waals surface area (Å²) in [5.74, 6) is 1.77. The normalized spacial score (nSPS) is 24.5. The van der Waals surface area contributed by atoms with Gasteiger partial charge < -0.3 is 5.32 Å². The van der Waals surface area contributed by atoms with Crippen LogP contribution in [0.3, 0.4) is 0 Å². The van der Waals surface area contributed by atoms with E-state index in [1.165, 1.54) is 43.4 Å². The maximum Gasteiger partial charge on any atom is 0.151 e. The van der Waals surface area contributed by atoms with Crippen molar-refractivity contribution in [2.75, 3.05) is 5.32 Å². The van der Waals surface area contributed by atoms with Gasteiger partial charge in [-0.15, -0.1) is 0 Å². The van der Waals surface area contributed by atoms with Gasteiger partial charge in [0.2, 0.25) is 0 Å². The number of aromatic amines is 1. The van der Waals surface area contributed by atoms with Gasteiger partial charge in [-0.3, -0.25) is 5.10 Å². The van der Waals surface area contributed by atoms with Crippen LogP contribution in [0.25, 0.3) is 0 Å². The minimum Gasteiger partial charge on any atom is -0.366 e. The zero-order valence-electron chi connectivity index (χ0n) is 11.1. The summed E-state index contributed by atoms with van der Waals surface area (Å²) in [6, 6.07) is 0.692. The molecule has 0 spiro atoms. The van der Waals surface area contributed by atoms with E-state index < -0.39 is 0 Å². The quantitative estimate of drug-likeness (QED) is 0.821. The van der Waals surface area contributed by atoms with Gasteiger partial charge in [0, 0.05) is 23.2 Å². The van der Waals surface area contributed by atoms with Gasteiger partial charge in [0.05, 0.1) is 0 Å². The molecule has 0 radical (unpaired) electrons. The van der Waals surface area contributed by atoms with Crippen LogP contribution in [-0.2, 0) is 6.42 Å². The Hall–Kier alpha value is -0.990. The molecule has 0 bridgehead atoms. The molecular formula is C14H23N3. The summed E-state index contributed by atoms with van der Waals surface area (Å²) in [5.41, 5.74) is 3.19. The predicted molar refractivity (Wildman–Crippen MR) is 70.4 cm³/mol. The highest BCUT2D eigenvalue weighted by Crippen LogP contribution is 2.44. The molecule has 1 heterocycles. The molecule has 0 amide bonds. The van der Waals surface area contributed by atoms with Crippen molar-refractivity contribution in [3.05, 3.63) is 11.3 Å². The first-order valence-corrected chi connectivity index (χ1v) is 6.89. The highest BCUT2D eigenvalue weighted by molar-refractivity contribution is 5.50. The first kappa shape index (κ1) is 11.1. The topological polar surface area (TPSA) is 40.7 Å². The van der Waals surface area contributed by atoms with E-state index in [-0.39, 0.29) is 0 Å². The largest absolute Gasteiger partial charge is 0.366 e. The van der Waals surface area contributed by atoms with Crippen LogP contribution in [0.4, 0.5) is 5.82 Å². The lowest BCUT2D eigenvalue weighted by Crippen LogP contribution is -2.23. The molecule has 3 nitrogen and oxygen atoms in total. The van der Waals surface area contributed by atoms with E-state index in [0.29, 0.717) is 17.4 Å². The molecule has 94 valence electrons. The second-order valence-electron chi connectivity index (χ2n) is 6.69. The van der Waals surface area contributed by atoms with Crippen molar-refractivity contribution in [2.24, 2.45) is 5.41 Å². The van der Waals surface area contributed by atoms with E-state index >= 15 is 0 Å². The van der Waals surface area contributed by atoms with Gasteiger partial charge in [-0.2, -0.15) is 5.10 Å². The first-order valence-electron chi connectivity index (χ1n) is 6.89. The van der Waals surface area contributed by atoms with Crippen LogP contribution >= 0.6 is 0 Å². The van der Waals surface area contributed by atoms with E-state index in [4.69, 9.17) is 0 Å². The lowest BCUT2D eigenvalue weighted by atomic mass is 9.72. The number of hydrogen-bond acceptors (Lipinski definition) is 2. The Balaban J connectivity index is 1.90. The van der Waals surface area contributed by atoms with Crippen molar-refractivity contribution in [1.29, 1.82) is 0 Å². The molecule has 1 fully saturated rings. The van der Waals surface area contributed by atoms with Gasteiger partial charge in [0.15, 0.2) is 5.82 Å². The van der Waals surface area contributed by atoms with E-state index in [1.807, 2.05) is 0 Å². The van der Waals surface area contributed by atoms with Crippen molar-refractivity contribution in [3.63, 3.8) is 0 Å². The molecule has 3 heteroatoms. The monoisotopic (exact) mass is 233 g/mol. The second kappa shape index (κ2) is 3.76. The summed E-state index contributed by atoms with van der Waals surface area (Å²) in [5, 5.41) is 11.4. The molecular weight excluding hydrogens is 210 g/mol. The summed E-state index contributed by atoms with van der Waals surface area (Å²) in [7, 11) is 0. The third kappa shape index (κ3) is 2.07. The number of hydrogen-bond donors (Lipinski definition) is 2. The zero-order chi connectivity index (χ0) is 12.0. The summed E-state index contributed by atoms with van der Waals surface area (Å²) in [6.45, 7) is 7.00. The number of nitrogens with zero attached hydrogens (tertiary/aromatic N) is 1. The molecule has 3 rings (SSSR count). The van der Waals surface area contributed by atoms with E-state index in [9.17, 15) is 0 Å². The lowest BCUT2D eigenvalue weighted by molar-refractivity contribution is 0.284. The first-order chi connectivity index (χ1) is 8.05. The fraction of sp³-hybridized carbons (Fsp3) is 0.786. The third-order valence-corrected chi connectivity index (χ3v) is 4.13. The maximum atomic E-state index is 4.51. The lowest BCUT2D eigenvalue weighted by Gasteiger charge is -2.33. The number of anilines is 1. The minimum atomic E-state index is 0.332. The molecule has 1 atom stereocenters. The number of aromatic nitrogens is 2. The molecule has 17 heavy (non-hydrogen) atoms. The molecule has 0 saturated heterocycles. The average Bonchev–Trinajstić information content (AvgIpc) is 2.97. The van der Waals surface area contributed by atoms with E-state index in [0.717, 1.165) is 5.82 Å². The van der Waals surface area contributed by atoms with Gasteiger partial charge in [-0.05, 0) is 37.5 Å². The molecule has 2 N–H and O–H groups in total. The molecule has 1 aromatic rings. The van der Waals surface area contributed by atoms with Crippen LogP contribution in [0.1, 0.15) is 63.6 Å². The summed E-state index contributed by atoms with van der Waals surface area (Å²) < 4.78 is 0. The molecule has 1 aromatic heterocycles. The predicted octanol–water partition coefficient (Wildman–Crippen LogP) is 3.45. The van der Waals surface area contributed by atoms with Gasteiger partial charge in [0.25, 0.3) is 0 Å². The average molecular weight is 233 g/mol. The molecule has 1 unspecified atom stereocenters. The number of rotatable bonds is 2. The molecule has 0 aromatic carbocycles.